The Kier molecular flexibility index (Phi) is 14.6. The van der Waals surface area contributed by atoms with Crippen molar-refractivity contribution in [3.05, 3.63) is 82.2 Å². The van der Waals surface area contributed by atoms with Gasteiger partial charge in [0.15, 0.2) is 6.10 Å². The van der Waals surface area contributed by atoms with Crippen molar-refractivity contribution in [1.29, 1.82) is 0 Å². The Hall–Kier alpha value is -3.48. The van der Waals surface area contributed by atoms with E-state index in [1.165, 1.54) is 0 Å². The van der Waals surface area contributed by atoms with Crippen LogP contribution in [-0.4, -0.2) is 65.2 Å². The van der Waals surface area contributed by atoms with Crippen LogP contribution in [0, 0.1) is 10.8 Å². The number of rotatable bonds is 20. The molecule has 1 atom stereocenters. The van der Waals surface area contributed by atoms with Gasteiger partial charge in [-0.1, -0.05) is 79.6 Å². The molecule has 0 N–H and O–H groups in total. The first-order valence-electron chi connectivity index (χ1n) is 13.9. The summed E-state index contributed by atoms with van der Waals surface area (Å²) in [5.41, 5.74) is 8.08. The maximum atomic E-state index is 13.1. The van der Waals surface area contributed by atoms with Crippen LogP contribution in [0.5, 0.6) is 0 Å². The predicted molar refractivity (Wildman–Crippen MR) is 159 cm³/mol. The molecule has 0 radical (unpaired) electrons. The van der Waals surface area contributed by atoms with E-state index in [1.54, 1.807) is 27.7 Å². The second-order valence-electron chi connectivity index (χ2n) is 11.2. The number of esters is 2. The zero-order valence-corrected chi connectivity index (χ0v) is 26.0. The summed E-state index contributed by atoms with van der Waals surface area (Å²) in [5.74, 6) is -1.61. The van der Waals surface area contributed by atoms with Crippen LogP contribution in [0.1, 0.15) is 45.2 Å². The van der Waals surface area contributed by atoms with Gasteiger partial charge in [0, 0.05) is 16.9 Å². The summed E-state index contributed by atoms with van der Waals surface area (Å²) in [7, 11) is -3.95. The Labute approximate surface area is 253 Å². The molecule has 2 aromatic carbocycles. The molecule has 0 saturated carbocycles. The smallest absolute Gasteiger partial charge is 0.336 e. The molecule has 43 heavy (non-hydrogen) atoms. The minimum absolute atomic E-state index is 0.0140. The average Bonchev–Trinajstić information content (AvgIpc) is 2.97. The Balaban J connectivity index is 1.92. The van der Waals surface area contributed by atoms with Crippen LogP contribution >= 0.6 is 0 Å². The van der Waals surface area contributed by atoms with Gasteiger partial charge < -0.3 is 18.9 Å². The summed E-state index contributed by atoms with van der Waals surface area (Å²) in [6.45, 7) is 6.44. The van der Waals surface area contributed by atoms with E-state index in [-0.39, 0.29) is 51.8 Å². The highest BCUT2D eigenvalue weighted by atomic mass is 32.2. The lowest BCUT2D eigenvalue weighted by molar-refractivity contribution is -0.173. The number of hydrogen-bond donors (Lipinski definition) is 0. The van der Waals surface area contributed by atoms with Crippen LogP contribution in [0.25, 0.3) is 10.4 Å². The molecular weight excluding hydrogens is 578 g/mol. The van der Waals surface area contributed by atoms with E-state index in [4.69, 9.17) is 28.7 Å². The summed E-state index contributed by atoms with van der Waals surface area (Å²) in [4.78, 5) is 28.4. The Morgan fingerprint density at radius 3 is 2.07 bits per heavy atom. The minimum atomic E-state index is -3.95. The second-order valence-corrected chi connectivity index (χ2v) is 12.9. The molecule has 0 amide bonds. The van der Waals surface area contributed by atoms with Crippen LogP contribution in [0.4, 0.5) is 0 Å². The van der Waals surface area contributed by atoms with E-state index in [2.05, 4.69) is 10.0 Å². The first-order chi connectivity index (χ1) is 20.4. The zero-order valence-electron chi connectivity index (χ0n) is 25.1. The molecule has 0 spiro atoms. The highest BCUT2D eigenvalue weighted by Crippen LogP contribution is 2.27. The van der Waals surface area contributed by atoms with Gasteiger partial charge in [-0.15, -0.1) is 0 Å². The summed E-state index contributed by atoms with van der Waals surface area (Å²) in [6.07, 6.45) is -1.11. The standard InChI is InChI=1S/C30H41N3O9S/c1-29(2,23-42-43(36,37)19-11-16-32-33-31)26(41-21-25-14-9-6-10-15-25)27(34)39-17-18-40-28(35)30(3,4)22-38-20-24-12-7-5-8-13-24/h5-10,12-15,26H,11,16-23H2,1-4H3/t26-/m0/s1. The zero-order chi connectivity index (χ0) is 31.8. The fourth-order valence-electron chi connectivity index (χ4n) is 3.70. The topological polar surface area (TPSA) is 163 Å². The first-order valence-corrected chi connectivity index (χ1v) is 15.4. The van der Waals surface area contributed by atoms with Crippen LogP contribution < -0.4 is 0 Å². The number of carbonyl (C=O) groups excluding carboxylic acids is 2. The van der Waals surface area contributed by atoms with Gasteiger partial charge in [-0.3, -0.25) is 8.98 Å². The Morgan fingerprint density at radius 1 is 0.884 bits per heavy atom. The fraction of sp³-hybridized carbons (Fsp3) is 0.533. The quantitative estimate of drug-likeness (QED) is 0.0497. The van der Waals surface area contributed by atoms with Crippen molar-refractivity contribution >= 4 is 22.1 Å². The summed E-state index contributed by atoms with van der Waals surface area (Å²) in [5, 5.41) is 3.31. The van der Waals surface area contributed by atoms with Crippen molar-refractivity contribution in [1.82, 2.24) is 0 Å². The second kappa shape index (κ2) is 17.6. The molecule has 0 unspecified atom stereocenters. The van der Waals surface area contributed by atoms with E-state index in [9.17, 15) is 18.0 Å². The molecule has 236 valence electrons. The number of nitrogens with zero attached hydrogens (tertiary/aromatic N) is 3. The normalized spacial score (nSPS) is 12.7. The van der Waals surface area contributed by atoms with Gasteiger partial charge in [0.05, 0.1) is 37.6 Å². The van der Waals surface area contributed by atoms with Gasteiger partial charge in [0.25, 0.3) is 10.1 Å². The van der Waals surface area contributed by atoms with Crippen molar-refractivity contribution in [2.24, 2.45) is 15.9 Å². The number of hydrogen-bond acceptors (Lipinski definition) is 10. The van der Waals surface area contributed by atoms with Gasteiger partial charge in [0.1, 0.15) is 13.2 Å². The van der Waals surface area contributed by atoms with Crippen LogP contribution in [0.2, 0.25) is 0 Å². The minimum Gasteiger partial charge on any atom is -0.462 e. The SMILES string of the molecule is CC(C)(COCc1ccccc1)C(=O)OCCOC(=O)[C@H](OCc1ccccc1)C(C)(C)COS(=O)(=O)CCCN=[N+]=[N-]. The molecule has 0 aromatic heterocycles. The van der Waals surface area contributed by atoms with E-state index in [0.29, 0.717) is 6.61 Å². The summed E-state index contributed by atoms with van der Waals surface area (Å²) in [6, 6.07) is 18.7. The van der Waals surface area contributed by atoms with Crippen molar-refractivity contribution in [3.63, 3.8) is 0 Å². The third-order valence-electron chi connectivity index (χ3n) is 6.20. The molecular formula is C30H41N3O9S. The highest BCUT2D eigenvalue weighted by Gasteiger charge is 2.39. The number of azide groups is 1. The molecule has 0 aliphatic heterocycles. The number of ether oxygens (including phenoxy) is 4. The lowest BCUT2D eigenvalue weighted by atomic mass is 9.87. The molecule has 0 aliphatic rings. The van der Waals surface area contributed by atoms with E-state index in [1.807, 2.05) is 60.7 Å². The van der Waals surface area contributed by atoms with E-state index >= 15 is 0 Å². The molecule has 2 aromatic rings. The monoisotopic (exact) mass is 619 g/mol. The molecule has 0 heterocycles. The third-order valence-corrected chi connectivity index (χ3v) is 7.46. The van der Waals surface area contributed by atoms with Gasteiger partial charge in [0.2, 0.25) is 0 Å². The molecule has 0 aliphatic carbocycles. The third kappa shape index (κ3) is 13.6. The van der Waals surface area contributed by atoms with Crippen LogP contribution in [0.3, 0.4) is 0 Å². The molecule has 12 nitrogen and oxygen atoms in total. The number of carbonyl (C=O) groups is 2. The Bertz CT molecular complexity index is 1300. The van der Waals surface area contributed by atoms with Crippen molar-refractivity contribution < 1.29 is 41.1 Å². The van der Waals surface area contributed by atoms with Gasteiger partial charge in [-0.05, 0) is 36.9 Å². The lowest BCUT2D eigenvalue weighted by Crippen LogP contribution is -2.44. The number of benzene rings is 2. The predicted octanol–water partition coefficient (Wildman–Crippen LogP) is 4.97. The van der Waals surface area contributed by atoms with Gasteiger partial charge in [-0.25, -0.2) is 4.79 Å². The van der Waals surface area contributed by atoms with E-state index in [0.717, 1.165) is 11.1 Å². The van der Waals surface area contributed by atoms with Crippen LogP contribution in [0.15, 0.2) is 65.8 Å². The van der Waals surface area contributed by atoms with Crippen molar-refractivity contribution in [2.75, 3.05) is 38.7 Å². The summed E-state index contributed by atoms with van der Waals surface area (Å²) < 4.78 is 52.2. The molecule has 0 fully saturated rings. The highest BCUT2D eigenvalue weighted by molar-refractivity contribution is 7.86. The molecule has 13 heteroatoms. The molecule has 0 bridgehead atoms. The first kappa shape index (κ1) is 35.7. The van der Waals surface area contributed by atoms with Crippen molar-refractivity contribution in [3.8, 4) is 0 Å². The van der Waals surface area contributed by atoms with Crippen LogP contribution in [-0.2, 0) is 56.1 Å². The lowest BCUT2D eigenvalue weighted by Gasteiger charge is -2.32. The maximum absolute atomic E-state index is 13.1. The molecule has 0 saturated heterocycles. The van der Waals surface area contributed by atoms with Crippen molar-refractivity contribution in [2.45, 2.75) is 53.4 Å². The Morgan fingerprint density at radius 2 is 1.47 bits per heavy atom. The summed E-state index contributed by atoms with van der Waals surface area (Å²) >= 11 is 0. The van der Waals surface area contributed by atoms with Gasteiger partial charge >= 0.3 is 11.9 Å². The largest absolute Gasteiger partial charge is 0.462 e. The molecule has 2 rings (SSSR count). The maximum Gasteiger partial charge on any atom is 0.336 e. The average molecular weight is 620 g/mol. The fourth-order valence-corrected chi connectivity index (χ4v) is 4.79. The van der Waals surface area contributed by atoms with Gasteiger partial charge in [-0.2, -0.15) is 8.42 Å². The van der Waals surface area contributed by atoms with E-state index < -0.39 is 39.0 Å².